The Bertz CT molecular complexity index is 4420. The van der Waals surface area contributed by atoms with Crippen molar-refractivity contribution in [1.82, 2.24) is 18.1 Å². The van der Waals surface area contributed by atoms with Gasteiger partial charge in [-0.1, -0.05) is 133 Å². The van der Waals surface area contributed by atoms with Crippen molar-refractivity contribution in [3.8, 4) is 28.2 Å². The van der Waals surface area contributed by atoms with Crippen molar-refractivity contribution >= 4 is 104 Å². The molecule has 0 aliphatic heterocycles. The maximum Gasteiger partial charge on any atom is 0.0620 e. The predicted molar refractivity (Wildman–Crippen MR) is 270 cm³/mol. The molecule has 0 N–H and O–H groups in total. The molecule has 0 radical (unpaired) electrons. The molecule has 0 fully saturated rings. The highest BCUT2D eigenvalue weighted by Gasteiger charge is 2.21. The largest absolute Gasteiger partial charge is 0.309 e. The van der Waals surface area contributed by atoms with Crippen molar-refractivity contribution in [3.05, 3.63) is 218 Å². The molecule has 4 heteroatoms. The molecule has 15 aromatic rings. The molecule has 15 rings (SSSR count). The average molecular weight is 813 g/mol. The Balaban J connectivity index is 0.900. The van der Waals surface area contributed by atoms with E-state index in [1.54, 1.807) is 0 Å². The first-order valence-corrected chi connectivity index (χ1v) is 22.1. The van der Waals surface area contributed by atoms with Gasteiger partial charge in [0.1, 0.15) is 0 Å². The molecule has 5 aromatic heterocycles. The third-order valence-corrected chi connectivity index (χ3v) is 14.1. The Morgan fingerprint density at radius 3 is 1.16 bits per heavy atom. The SMILES string of the molecule is c1ccc(-n2c3ccccc3c3ccc(-n4c5ccccc5c5cc(-c6ccc7c(c6)c6ccccc6n7-c6ccc7c8cccc9c%10ccccc%10n(c7c6)c98)ccc54)cc32)cc1. The lowest BCUT2D eigenvalue weighted by Crippen LogP contribution is -1.96. The summed E-state index contributed by atoms with van der Waals surface area (Å²) in [6.45, 7) is 0. The van der Waals surface area contributed by atoms with E-state index in [1.165, 1.54) is 115 Å². The molecule has 5 heterocycles. The Hall–Kier alpha value is -8.60. The average Bonchev–Trinajstić information content (AvgIpc) is 4.15. The summed E-state index contributed by atoms with van der Waals surface area (Å²) in [6.07, 6.45) is 0. The summed E-state index contributed by atoms with van der Waals surface area (Å²) >= 11 is 0. The van der Waals surface area contributed by atoms with Gasteiger partial charge in [0, 0.05) is 70.9 Å². The van der Waals surface area contributed by atoms with Crippen molar-refractivity contribution in [2.24, 2.45) is 0 Å². The molecule has 0 spiro atoms. The third kappa shape index (κ3) is 4.46. The second kappa shape index (κ2) is 12.5. The highest BCUT2D eigenvalue weighted by molar-refractivity contribution is 6.23. The van der Waals surface area contributed by atoms with Crippen molar-refractivity contribution in [1.29, 1.82) is 0 Å². The van der Waals surface area contributed by atoms with Gasteiger partial charge in [0.25, 0.3) is 0 Å². The van der Waals surface area contributed by atoms with Crippen molar-refractivity contribution in [2.45, 2.75) is 0 Å². The van der Waals surface area contributed by atoms with Gasteiger partial charge in [-0.25, -0.2) is 0 Å². The number of aromatic nitrogens is 4. The number of fused-ring (bicyclic) bond motifs is 15. The molecule has 0 aliphatic rings. The summed E-state index contributed by atoms with van der Waals surface area (Å²) in [5.74, 6) is 0. The predicted octanol–water partition coefficient (Wildman–Crippen LogP) is 15.8. The van der Waals surface area contributed by atoms with E-state index in [4.69, 9.17) is 0 Å². The van der Waals surface area contributed by atoms with Crippen LogP contribution in [0, 0.1) is 0 Å². The van der Waals surface area contributed by atoms with Crippen molar-refractivity contribution < 1.29 is 0 Å². The fraction of sp³-hybridized carbons (Fsp3) is 0. The second-order valence-corrected chi connectivity index (χ2v) is 17.3. The van der Waals surface area contributed by atoms with E-state index in [9.17, 15) is 0 Å². The van der Waals surface area contributed by atoms with E-state index < -0.39 is 0 Å². The zero-order valence-corrected chi connectivity index (χ0v) is 34.6. The van der Waals surface area contributed by atoms with Crippen LogP contribution < -0.4 is 0 Å². The Kier molecular flexibility index (Phi) is 6.65. The molecular formula is C60H36N4. The zero-order chi connectivity index (χ0) is 41.6. The van der Waals surface area contributed by atoms with E-state index in [1.807, 2.05) is 0 Å². The summed E-state index contributed by atoms with van der Waals surface area (Å²) < 4.78 is 9.76. The second-order valence-electron chi connectivity index (χ2n) is 17.3. The standard InChI is InChI=1S/C60H36N4/c1-2-13-39(14-3-1)61-52-21-8-4-15-42(52)46-29-27-40(35-58(46)61)62-53-22-9-6-17-44(53)50-33-37(25-31-56(50)62)38-26-32-57-51(34-38)45-18-7-10-23-54(45)63(57)41-28-30-47-49-20-12-19-48-43-16-5-11-24-55(43)64(60(48)49)59(47)36-41/h1-36H. The molecule has 0 saturated heterocycles. The van der Waals surface area contributed by atoms with Crippen LogP contribution in [-0.2, 0) is 0 Å². The van der Waals surface area contributed by atoms with Gasteiger partial charge in [-0.3, -0.25) is 0 Å². The monoisotopic (exact) mass is 812 g/mol. The number of para-hydroxylation sites is 6. The van der Waals surface area contributed by atoms with Crippen LogP contribution in [0.2, 0.25) is 0 Å². The van der Waals surface area contributed by atoms with E-state index >= 15 is 0 Å². The van der Waals surface area contributed by atoms with Crippen LogP contribution in [0.3, 0.4) is 0 Å². The number of benzene rings is 10. The highest BCUT2D eigenvalue weighted by Crippen LogP contribution is 2.43. The first-order valence-electron chi connectivity index (χ1n) is 22.1. The molecule has 0 aliphatic carbocycles. The van der Waals surface area contributed by atoms with Crippen LogP contribution in [0.15, 0.2) is 218 Å². The number of hydrogen-bond donors (Lipinski definition) is 0. The Morgan fingerprint density at radius 1 is 0.203 bits per heavy atom. The molecule has 64 heavy (non-hydrogen) atoms. The molecule has 4 nitrogen and oxygen atoms in total. The molecule has 0 amide bonds. The molecule has 0 saturated carbocycles. The van der Waals surface area contributed by atoms with Gasteiger partial charge in [-0.15, -0.1) is 0 Å². The normalized spacial score (nSPS) is 12.4. The topological polar surface area (TPSA) is 19.2 Å². The van der Waals surface area contributed by atoms with Crippen molar-refractivity contribution in [2.75, 3.05) is 0 Å². The molecule has 0 unspecified atom stereocenters. The van der Waals surface area contributed by atoms with Gasteiger partial charge in [0.05, 0.1) is 49.7 Å². The van der Waals surface area contributed by atoms with Crippen LogP contribution in [0.4, 0.5) is 0 Å². The Morgan fingerprint density at radius 2 is 0.594 bits per heavy atom. The molecule has 0 atom stereocenters. The minimum atomic E-state index is 1.14. The van der Waals surface area contributed by atoms with Gasteiger partial charge in [0.15, 0.2) is 0 Å². The van der Waals surface area contributed by atoms with E-state index in [0.717, 1.165) is 17.1 Å². The van der Waals surface area contributed by atoms with E-state index in [2.05, 4.69) is 236 Å². The highest BCUT2D eigenvalue weighted by atomic mass is 15.0. The lowest BCUT2D eigenvalue weighted by molar-refractivity contribution is 1.15. The van der Waals surface area contributed by atoms with Crippen LogP contribution >= 0.6 is 0 Å². The lowest BCUT2D eigenvalue weighted by Gasteiger charge is -2.11. The summed E-state index contributed by atoms with van der Waals surface area (Å²) in [5, 5.41) is 12.7. The minimum absolute atomic E-state index is 1.14. The molecule has 296 valence electrons. The first-order chi connectivity index (χ1) is 31.8. The third-order valence-electron chi connectivity index (χ3n) is 14.1. The zero-order valence-electron chi connectivity index (χ0n) is 34.6. The van der Waals surface area contributed by atoms with Gasteiger partial charge < -0.3 is 18.1 Å². The lowest BCUT2D eigenvalue weighted by atomic mass is 10.0. The van der Waals surface area contributed by atoms with E-state index in [-0.39, 0.29) is 0 Å². The summed E-state index contributed by atoms with van der Waals surface area (Å²) in [6, 6.07) is 80.7. The van der Waals surface area contributed by atoms with E-state index in [0.29, 0.717) is 0 Å². The number of hydrogen-bond acceptors (Lipinski definition) is 0. The van der Waals surface area contributed by atoms with Crippen LogP contribution in [0.5, 0.6) is 0 Å². The summed E-state index contributed by atoms with van der Waals surface area (Å²) in [5.41, 5.74) is 16.8. The maximum atomic E-state index is 2.47. The van der Waals surface area contributed by atoms with Crippen LogP contribution in [-0.4, -0.2) is 18.1 Å². The molecule has 10 aromatic carbocycles. The summed E-state index contributed by atoms with van der Waals surface area (Å²) in [7, 11) is 0. The van der Waals surface area contributed by atoms with Gasteiger partial charge in [-0.05, 0) is 96.1 Å². The molecule has 0 bridgehead atoms. The molecular weight excluding hydrogens is 777 g/mol. The van der Waals surface area contributed by atoms with Crippen LogP contribution in [0.1, 0.15) is 0 Å². The van der Waals surface area contributed by atoms with Gasteiger partial charge >= 0.3 is 0 Å². The van der Waals surface area contributed by atoms with Crippen molar-refractivity contribution in [3.63, 3.8) is 0 Å². The van der Waals surface area contributed by atoms with Gasteiger partial charge in [-0.2, -0.15) is 0 Å². The Labute approximate surface area is 366 Å². The number of rotatable bonds is 4. The fourth-order valence-corrected chi connectivity index (χ4v) is 11.4. The quantitative estimate of drug-likeness (QED) is 0.169. The van der Waals surface area contributed by atoms with Crippen LogP contribution in [0.25, 0.3) is 132 Å². The van der Waals surface area contributed by atoms with Gasteiger partial charge in [0.2, 0.25) is 0 Å². The number of nitrogens with zero attached hydrogens (tertiary/aromatic N) is 4. The minimum Gasteiger partial charge on any atom is -0.309 e. The summed E-state index contributed by atoms with van der Waals surface area (Å²) in [4.78, 5) is 0. The first kappa shape index (κ1) is 34.0. The smallest absolute Gasteiger partial charge is 0.0620 e. The fourth-order valence-electron chi connectivity index (χ4n) is 11.4. The maximum absolute atomic E-state index is 2.47.